The van der Waals surface area contributed by atoms with Gasteiger partial charge in [-0.25, -0.2) is 9.97 Å². The van der Waals surface area contributed by atoms with Crippen molar-refractivity contribution in [1.82, 2.24) is 19.9 Å². The van der Waals surface area contributed by atoms with Crippen molar-refractivity contribution in [3.8, 4) is 0 Å². The molecular weight excluding hydrogens is 398 g/mol. The van der Waals surface area contributed by atoms with E-state index in [2.05, 4.69) is 28.1 Å². The average Bonchev–Trinajstić information content (AvgIpc) is 3.22. The van der Waals surface area contributed by atoms with Gasteiger partial charge in [0.15, 0.2) is 0 Å². The zero-order valence-corrected chi connectivity index (χ0v) is 19.0. The van der Waals surface area contributed by atoms with Gasteiger partial charge in [-0.1, -0.05) is 18.2 Å². The topological polar surface area (TPSA) is 65.1 Å². The lowest BCUT2D eigenvalue weighted by atomic mass is 9.91. The molecule has 2 saturated heterocycles. The minimum Gasteiger partial charge on any atom is -0.361 e. The molecule has 1 amide bonds. The van der Waals surface area contributed by atoms with Crippen LogP contribution in [0.1, 0.15) is 49.2 Å². The van der Waals surface area contributed by atoms with Gasteiger partial charge in [0.05, 0.1) is 6.42 Å². The summed E-state index contributed by atoms with van der Waals surface area (Å²) in [6, 6.07) is 10.4. The van der Waals surface area contributed by atoms with E-state index < -0.39 is 0 Å². The number of para-hydroxylation sites is 1. The Morgan fingerprint density at radius 1 is 1.06 bits per heavy atom. The molecule has 3 aromatic rings. The zero-order valence-electron chi connectivity index (χ0n) is 19.0. The maximum Gasteiger partial charge on any atom is 0.227 e. The predicted molar refractivity (Wildman–Crippen MR) is 128 cm³/mol. The molecule has 4 heterocycles. The van der Waals surface area contributed by atoms with Gasteiger partial charge >= 0.3 is 0 Å². The first-order valence-corrected chi connectivity index (χ1v) is 12.1. The maximum absolute atomic E-state index is 12.9. The lowest BCUT2D eigenvalue weighted by Gasteiger charge is -2.32. The Morgan fingerprint density at radius 2 is 1.84 bits per heavy atom. The molecule has 0 spiro atoms. The van der Waals surface area contributed by atoms with E-state index >= 15 is 0 Å². The molecule has 0 unspecified atom stereocenters. The molecule has 5 rings (SSSR count). The molecule has 6 heteroatoms. The summed E-state index contributed by atoms with van der Waals surface area (Å²) in [5.41, 5.74) is 3.34. The molecule has 0 aliphatic carbocycles. The van der Waals surface area contributed by atoms with Crippen molar-refractivity contribution in [3.63, 3.8) is 0 Å². The minimum atomic E-state index is 0.235. The number of amides is 1. The molecule has 6 nitrogen and oxygen atoms in total. The Hall–Kier alpha value is -2.89. The molecule has 0 bridgehead atoms. The van der Waals surface area contributed by atoms with Gasteiger partial charge in [0, 0.05) is 55.0 Å². The van der Waals surface area contributed by atoms with E-state index in [1.807, 2.05) is 30.2 Å². The van der Waals surface area contributed by atoms with Crippen LogP contribution in [0.4, 0.5) is 5.82 Å². The summed E-state index contributed by atoms with van der Waals surface area (Å²) in [5, 5.41) is 1.15. The second kappa shape index (κ2) is 9.31. The van der Waals surface area contributed by atoms with E-state index in [1.165, 1.54) is 19.3 Å². The van der Waals surface area contributed by atoms with E-state index in [0.717, 1.165) is 79.2 Å². The van der Waals surface area contributed by atoms with E-state index in [0.29, 0.717) is 12.3 Å². The van der Waals surface area contributed by atoms with E-state index in [9.17, 15) is 4.79 Å². The van der Waals surface area contributed by atoms with Gasteiger partial charge < -0.3 is 14.8 Å². The van der Waals surface area contributed by atoms with Crippen molar-refractivity contribution in [2.45, 2.75) is 51.9 Å². The zero-order chi connectivity index (χ0) is 21.9. The largest absolute Gasteiger partial charge is 0.361 e. The quantitative estimate of drug-likeness (QED) is 0.655. The molecule has 0 radical (unpaired) electrons. The first kappa shape index (κ1) is 21.0. The number of aromatic nitrogens is 3. The Kier molecular flexibility index (Phi) is 6.10. The molecule has 1 aromatic carbocycles. The molecule has 0 atom stereocenters. The number of carbonyl (C=O) groups is 1. The van der Waals surface area contributed by atoms with Crippen LogP contribution in [0.25, 0.3) is 10.9 Å². The summed E-state index contributed by atoms with van der Waals surface area (Å²) in [5.74, 6) is 2.78. The van der Waals surface area contributed by atoms with E-state index in [1.54, 1.807) is 0 Å². The number of nitrogens with one attached hydrogen (secondary N) is 1. The molecule has 2 fully saturated rings. The summed E-state index contributed by atoms with van der Waals surface area (Å²) in [7, 11) is 0. The fraction of sp³-hybridized carbons (Fsp3) is 0.500. The van der Waals surface area contributed by atoms with Crippen molar-refractivity contribution in [1.29, 1.82) is 0 Å². The fourth-order valence-electron chi connectivity index (χ4n) is 5.24. The Morgan fingerprint density at radius 3 is 2.66 bits per heavy atom. The molecule has 2 aliphatic heterocycles. The number of aromatic amines is 1. The van der Waals surface area contributed by atoms with Crippen LogP contribution < -0.4 is 4.90 Å². The number of benzene rings is 1. The molecule has 2 aliphatic rings. The van der Waals surface area contributed by atoms with Gasteiger partial charge in [-0.2, -0.15) is 0 Å². The van der Waals surface area contributed by atoms with Gasteiger partial charge in [0.1, 0.15) is 11.6 Å². The molecule has 2 aromatic heterocycles. The highest BCUT2D eigenvalue weighted by Gasteiger charge is 2.24. The summed E-state index contributed by atoms with van der Waals surface area (Å²) in [6.07, 6.45) is 9.35. The van der Waals surface area contributed by atoms with Crippen LogP contribution in [0.2, 0.25) is 0 Å². The molecule has 32 heavy (non-hydrogen) atoms. The number of rotatable bonds is 5. The van der Waals surface area contributed by atoms with Crippen LogP contribution in [0.15, 0.2) is 36.5 Å². The monoisotopic (exact) mass is 431 g/mol. The summed E-state index contributed by atoms with van der Waals surface area (Å²) < 4.78 is 0. The van der Waals surface area contributed by atoms with Crippen LogP contribution in [0.3, 0.4) is 0 Å². The number of nitrogens with zero attached hydrogens (tertiary/aromatic N) is 4. The van der Waals surface area contributed by atoms with Gasteiger partial charge in [0.2, 0.25) is 5.91 Å². The third-order valence-electron chi connectivity index (χ3n) is 7.04. The van der Waals surface area contributed by atoms with Crippen molar-refractivity contribution in [3.05, 3.63) is 53.6 Å². The number of hydrogen-bond donors (Lipinski definition) is 1. The van der Waals surface area contributed by atoms with Crippen molar-refractivity contribution >= 4 is 22.6 Å². The van der Waals surface area contributed by atoms with E-state index in [4.69, 9.17) is 9.97 Å². The highest BCUT2D eigenvalue weighted by molar-refractivity contribution is 5.88. The third kappa shape index (κ3) is 4.64. The van der Waals surface area contributed by atoms with E-state index in [-0.39, 0.29) is 5.91 Å². The number of aryl methyl sites for hydroxylation is 1. The minimum absolute atomic E-state index is 0.235. The highest BCUT2D eigenvalue weighted by atomic mass is 16.2. The Balaban J connectivity index is 1.17. The molecule has 168 valence electrons. The van der Waals surface area contributed by atoms with Crippen LogP contribution in [0, 0.1) is 12.8 Å². The van der Waals surface area contributed by atoms with Gasteiger partial charge in [-0.15, -0.1) is 0 Å². The first-order valence-electron chi connectivity index (χ1n) is 12.1. The van der Waals surface area contributed by atoms with Crippen molar-refractivity contribution in [2.24, 2.45) is 5.92 Å². The van der Waals surface area contributed by atoms with Crippen LogP contribution in [0.5, 0.6) is 0 Å². The van der Waals surface area contributed by atoms with Crippen LogP contribution in [-0.4, -0.2) is 51.9 Å². The fourth-order valence-corrected chi connectivity index (χ4v) is 5.24. The summed E-state index contributed by atoms with van der Waals surface area (Å²) in [4.78, 5) is 30.1. The smallest absolute Gasteiger partial charge is 0.227 e. The SMILES string of the molecule is Cc1nc(CC2CCN(C(=O)Cc3c[nH]c4ccccc34)CC2)cc(N2CCCCC2)n1. The third-order valence-corrected chi connectivity index (χ3v) is 7.04. The van der Waals surface area contributed by atoms with Crippen molar-refractivity contribution < 1.29 is 4.79 Å². The Labute approximate surface area is 190 Å². The Bertz CT molecular complexity index is 1080. The number of hydrogen-bond acceptors (Lipinski definition) is 4. The van der Waals surface area contributed by atoms with Crippen molar-refractivity contribution in [2.75, 3.05) is 31.1 Å². The van der Waals surface area contributed by atoms with Gasteiger partial charge in [-0.3, -0.25) is 4.79 Å². The number of piperidine rings is 2. The number of carbonyl (C=O) groups excluding carboxylic acids is 1. The second-order valence-electron chi connectivity index (χ2n) is 9.38. The van der Waals surface area contributed by atoms with Crippen LogP contribution >= 0.6 is 0 Å². The first-order chi connectivity index (χ1) is 15.7. The maximum atomic E-state index is 12.9. The standard InChI is InChI=1S/C26H33N5O/c1-19-28-22(17-25(29-19)30-11-5-2-6-12-30)15-20-9-13-31(14-10-20)26(32)16-21-18-27-24-8-4-3-7-23(21)24/h3-4,7-8,17-18,20,27H,2,5-6,9-16H2,1H3. The highest BCUT2D eigenvalue weighted by Crippen LogP contribution is 2.25. The summed E-state index contributed by atoms with van der Waals surface area (Å²) >= 11 is 0. The molecular formula is C26H33N5O. The number of likely N-dealkylation sites (tertiary alicyclic amines) is 1. The van der Waals surface area contributed by atoms with Gasteiger partial charge in [0.25, 0.3) is 0 Å². The normalized spacial score (nSPS) is 17.8. The lowest BCUT2D eigenvalue weighted by molar-refractivity contribution is -0.131. The van der Waals surface area contributed by atoms with Gasteiger partial charge in [-0.05, 0) is 63.0 Å². The molecule has 0 saturated carbocycles. The number of fused-ring (bicyclic) bond motifs is 1. The van der Waals surface area contributed by atoms with Crippen LogP contribution in [-0.2, 0) is 17.6 Å². The lowest BCUT2D eigenvalue weighted by Crippen LogP contribution is -2.39. The predicted octanol–water partition coefficient (Wildman–Crippen LogP) is 4.28. The average molecular weight is 432 g/mol. The molecule has 1 N–H and O–H groups in total. The second-order valence-corrected chi connectivity index (χ2v) is 9.38. The number of anilines is 1. The summed E-state index contributed by atoms with van der Waals surface area (Å²) in [6.45, 7) is 5.90. The number of H-pyrrole nitrogens is 1.